The van der Waals surface area contributed by atoms with E-state index in [1.165, 1.54) is 24.4 Å². The molecule has 2 aromatic heterocycles. The maximum absolute atomic E-state index is 12.5. The number of hydrogen-bond donors (Lipinski definition) is 1. The minimum atomic E-state index is -0.451. The van der Waals surface area contributed by atoms with Gasteiger partial charge in [0.1, 0.15) is 0 Å². The molecule has 2 heterocycles. The highest BCUT2D eigenvalue weighted by Crippen LogP contribution is 2.29. The first-order valence-corrected chi connectivity index (χ1v) is 10.7. The monoisotopic (exact) mass is 434 g/mol. The summed E-state index contributed by atoms with van der Waals surface area (Å²) in [5, 5.41) is 13.3. The number of esters is 1. The Kier molecular flexibility index (Phi) is 5.65. The molecule has 0 unspecified atom stereocenters. The van der Waals surface area contributed by atoms with Gasteiger partial charge in [0.15, 0.2) is 10.8 Å². The van der Waals surface area contributed by atoms with Crippen LogP contribution >= 0.6 is 11.8 Å². The van der Waals surface area contributed by atoms with Gasteiger partial charge in [0, 0.05) is 5.69 Å². The first kappa shape index (κ1) is 20.9. The highest BCUT2D eigenvalue weighted by atomic mass is 32.2. The largest absolute Gasteiger partial charge is 0.465 e. The Hall–Kier alpha value is -3.39. The van der Waals surface area contributed by atoms with Gasteiger partial charge in [-0.05, 0) is 67.1 Å². The lowest BCUT2D eigenvalue weighted by molar-refractivity contribution is -0.113. The van der Waals surface area contributed by atoms with E-state index in [1.807, 2.05) is 11.3 Å². The van der Waals surface area contributed by atoms with E-state index >= 15 is 0 Å². The van der Waals surface area contributed by atoms with Gasteiger partial charge in [-0.15, -0.1) is 10.2 Å². The van der Waals surface area contributed by atoms with Crippen molar-refractivity contribution in [1.29, 1.82) is 0 Å². The topological polar surface area (TPSA) is 85.6 Å². The van der Waals surface area contributed by atoms with Crippen LogP contribution in [0.2, 0.25) is 0 Å². The summed E-state index contributed by atoms with van der Waals surface area (Å²) in [7, 11) is 1.32. The molecule has 158 valence electrons. The van der Waals surface area contributed by atoms with Gasteiger partial charge < -0.3 is 10.1 Å². The minimum absolute atomic E-state index is 0.156. The maximum atomic E-state index is 12.5. The van der Waals surface area contributed by atoms with Crippen LogP contribution in [0.4, 0.5) is 5.69 Å². The molecule has 1 N–H and O–H groups in total. The van der Waals surface area contributed by atoms with Crippen molar-refractivity contribution in [2.45, 2.75) is 25.9 Å². The zero-order chi connectivity index (χ0) is 22.1. The lowest BCUT2D eigenvalue weighted by Gasteiger charge is -2.11. The molecule has 0 aliphatic rings. The average molecular weight is 435 g/mol. The number of fused-ring (bicyclic) bond motifs is 3. The fourth-order valence-electron chi connectivity index (χ4n) is 3.52. The van der Waals surface area contributed by atoms with Crippen LogP contribution in [0, 0.1) is 20.8 Å². The molecule has 0 saturated carbocycles. The number of amides is 1. The molecule has 0 aliphatic carbocycles. The molecular formula is C23H22N4O3S. The van der Waals surface area contributed by atoms with Crippen molar-refractivity contribution in [3.63, 3.8) is 0 Å². The lowest BCUT2D eigenvalue weighted by Crippen LogP contribution is -2.15. The van der Waals surface area contributed by atoms with E-state index in [-0.39, 0.29) is 11.7 Å². The van der Waals surface area contributed by atoms with Crippen molar-refractivity contribution in [2.75, 3.05) is 18.2 Å². The van der Waals surface area contributed by atoms with Crippen LogP contribution < -0.4 is 5.32 Å². The SMILES string of the molecule is COC(=O)c1cccc(NC(=O)CSc2nnc3c(C)cc4ccc(C)c(C)c4n23)c1. The van der Waals surface area contributed by atoms with E-state index in [4.69, 9.17) is 4.74 Å². The number of rotatable bonds is 5. The molecule has 2 aromatic carbocycles. The van der Waals surface area contributed by atoms with Gasteiger partial charge in [0.2, 0.25) is 5.91 Å². The summed E-state index contributed by atoms with van der Waals surface area (Å²) >= 11 is 1.32. The minimum Gasteiger partial charge on any atom is -0.465 e. The molecule has 0 aliphatic heterocycles. The van der Waals surface area contributed by atoms with E-state index in [1.54, 1.807) is 24.3 Å². The number of thioether (sulfide) groups is 1. The van der Waals surface area contributed by atoms with Gasteiger partial charge in [-0.3, -0.25) is 9.20 Å². The third-order valence-electron chi connectivity index (χ3n) is 5.21. The fourth-order valence-corrected chi connectivity index (χ4v) is 4.26. The fraction of sp³-hybridized carbons (Fsp3) is 0.217. The first-order valence-electron chi connectivity index (χ1n) is 9.74. The molecule has 0 fully saturated rings. The molecule has 7 nitrogen and oxygen atoms in total. The Labute approximate surface area is 183 Å². The lowest BCUT2D eigenvalue weighted by atomic mass is 10.0. The highest BCUT2D eigenvalue weighted by molar-refractivity contribution is 7.99. The third-order valence-corrected chi connectivity index (χ3v) is 6.14. The van der Waals surface area contributed by atoms with Crippen LogP contribution in [0.25, 0.3) is 16.6 Å². The number of nitrogens with zero attached hydrogens (tertiary/aromatic N) is 3. The molecule has 0 spiro atoms. The predicted molar refractivity (Wildman–Crippen MR) is 122 cm³/mol. The van der Waals surface area contributed by atoms with Crippen LogP contribution in [0.15, 0.2) is 47.6 Å². The summed E-state index contributed by atoms with van der Waals surface area (Å²) in [4.78, 5) is 24.2. The molecule has 0 saturated heterocycles. The second kappa shape index (κ2) is 8.39. The number of benzene rings is 2. The number of ether oxygens (including phenoxy) is 1. The van der Waals surface area contributed by atoms with E-state index in [2.05, 4.69) is 47.6 Å². The van der Waals surface area contributed by atoms with Crippen LogP contribution in [0.5, 0.6) is 0 Å². The Morgan fingerprint density at radius 1 is 1.06 bits per heavy atom. The van der Waals surface area contributed by atoms with Crippen molar-refractivity contribution in [1.82, 2.24) is 14.6 Å². The Balaban J connectivity index is 1.59. The normalized spacial score (nSPS) is 11.1. The molecule has 1 amide bonds. The quantitative estimate of drug-likeness (QED) is 0.372. The van der Waals surface area contributed by atoms with Gasteiger partial charge >= 0.3 is 5.97 Å². The predicted octanol–water partition coefficient (Wildman–Crippen LogP) is 4.33. The summed E-state index contributed by atoms with van der Waals surface area (Å²) in [5.74, 6) is -0.495. The molecule has 4 rings (SSSR count). The van der Waals surface area contributed by atoms with E-state index in [0.29, 0.717) is 16.4 Å². The summed E-state index contributed by atoms with van der Waals surface area (Å²) in [5.41, 5.74) is 6.13. The number of carbonyl (C=O) groups is 2. The maximum Gasteiger partial charge on any atom is 0.337 e. The van der Waals surface area contributed by atoms with Crippen molar-refractivity contribution >= 4 is 45.9 Å². The molecule has 0 atom stereocenters. The second-order valence-corrected chi connectivity index (χ2v) is 8.27. The Bertz CT molecular complexity index is 1330. The molecular weight excluding hydrogens is 412 g/mol. The third kappa shape index (κ3) is 3.98. The van der Waals surface area contributed by atoms with Crippen molar-refractivity contribution in [3.05, 3.63) is 64.7 Å². The van der Waals surface area contributed by atoms with Crippen molar-refractivity contribution in [3.8, 4) is 0 Å². The molecule has 0 bridgehead atoms. The van der Waals surface area contributed by atoms with Crippen LogP contribution in [0.1, 0.15) is 27.0 Å². The van der Waals surface area contributed by atoms with Gasteiger partial charge in [-0.1, -0.05) is 30.0 Å². The molecule has 4 aromatic rings. The second-order valence-electron chi connectivity index (χ2n) is 7.32. The van der Waals surface area contributed by atoms with Gasteiger partial charge in [0.25, 0.3) is 0 Å². The van der Waals surface area contributed by atoms with Gasteiger partial charge in [0.05, 0.1) is 23.9 Å². The number of carbonyl (C=O) groups excluding carboxylic acids is 2. The zero-order valence-corrected chi connectivity index (χ0v) is 18.5. The summed E-state index contributed by atoms with van der Waals surface area (Å²) < 4.78 is 6.75. The number of methoxy groups -OCH3 is 1. The highest BCUT2D eigenvalue weighted by Gasteiger charge is 2.16. The Morgan fingerprint density at radius 2 is 1.87 bits per heavy atom. The van der Waals surface area contributed by atoms with Crippen LogP contribution in [0.3, 0.4) is 0 Å². The zero-order valence-electron chi connectivity index (χ0n) is 17.7. The standard InChI is InChI=1S/C23H22N4O3S/c1-13-8-9-16-10-14(2)21-25-26-23(27(21)20(16)15(13)3)31-12-19(28)24-18-7-5-6-17(11-18)22(29)30-4/h5-11H,12H2,1-4H3,(H,24,28). The number of aromatic nitrogens is 3. The summed E-state index contributed by atoms with van der Waals surface area (Å²) in [6.45, 7) is 6.17. The van der Waals surface area contributed by atoms with E-state index in [9.17, 15) is 9.59 Å². The average Bonchev–Trinajstić information content (AvgIpc) is 3.19. The summed E-state index contributed by atoms with van der Waals surface area (Å²) in [6.07, 6.45) is 0. The molecule has 8 heteroatoms. The van der Waals surface area contributed by atoms with Crippen LogP contribution in [-0.4, -0.2) is 39.3 Å². The summed E-state index contributed by atoms with van der Waals surface area (Å²) in [6, 6.07) is 13.0. The first-order chi connectivity index (χ1) is 14.9. The van der Waals surface area contributed by atoms with Gasteiger partial charge in [-0.2, -0.15) is 0 Å². The number of pyridine rings is 1. The Morgan fingerprint density at radius 3 is 2.65 bits per heavy atom. The van der Waals surface area contributed by atoms with E-state index < -0.39 is 5.97 Å². The molecule has 0 radical (unpaired) electrons. The van der Waals surface area contributed by atoms with Crippen molar-refractivity contribution < 1.29 is 14.3 Å². The van der Waals surface area contributed by atoms with Gasteiger partial charge in [-0.25, -0.2) is 4.79 Å². The van der Waals surface area contributed by atoms with Crippen LogP contribution in [-0.2, 0) is 9.53 Å². The number of hydrogen-bond acceptors (Lipinski definition) is 6. The number of nitrogens with one attached hydrogen (secondary N) is 1. The molecule has 31 heavy (non-hydrogen) atoms. The number of anilines is 1. The smallest absolute Gasteiger partial charge is 0.337 e. The van der Waals surface area contributed by atoms with Crippen molar-refractivity contribution in [2.24, 2.45) is 0 Å². The number of aryl methyl sites for hydroxylation is 3. The van der Waals surface area contributed by atoms with E-state index in [0.717, 1.165) is 27.7 Å².